The van der Waals surface area contributed by atoms with Crippen molar-refractivity contribution in [3.8, 4) is 11.1 Å². The average molecular weight is 505 g/mol. The van der Waals surface area contributed by atoms with Crippen molar-refractivity contribution in [1.29, 1.82) is 0 Å². The first-order chi connectivity index (χ1) is 17.0. The molecule has 1 aliphatic rings. The maximum Gasteiger partial charge on any atom is 0.415 e. The average Bonchev–Trinajstić information content (AvgIpc) is 3.22. The first-order valence-electron chi connectivity index (χ1n) is 11.5. The molecule has 2 aromatic rings. The molecule has 3 rings (SSSR count). The Morgan fingerprint density at radius 2 is 1.86 bits per heavy atom. The second-order valence-electron chi connectivity index (χ2n) is 9.31. The van der Waals surface area contributed by atoms with Crippen LogP contribution >= 0.6 is 0 Å². The number of cyclic esters (lactones) is 1. The summed E-state index contributed by atoms with van der Waals surface area (Å²) in [6.45, 7) is 5.08. The van der Waals surface area contributed by atoms with Crippen LogP contribution in [0.2, 0.25) is 0 Å². The van der Waals surface area contributed by atoms with Gasteiger partial charge in [0.25, 0.3) is 0 Å². The summed E-state index contributed by atoms with van der Waals surface area (Å²) in [6.07, 6.45) is -2.16. The van der Waals surface area contributed by atoms with Crippen LogP contribution in [0.3, 0.4) is 0 Å². The van der Waals surface area contributed by atoms with Crippen LogP contribution < -0.4 is 4.90 Å². The maximum atomic E-state index is 15.0. The van der Waals surface area contributed by atoms with Crippen LogP contribution in [-0.4, -0.2) is 61.6 Å². The Hall–Kier alpha value is -3.69. The zero-order chi connectivity index (χ0) is 26.5. The van der Waals surface area contributed by atoms with Crippen LogP contribution in [0, 0.1) is 5.82 Å². The SMILES string of the molecule is COC(=O)C1CN(c2ccc(-c3ccc(CN(CCCF)C(=O)OC(C)(C)C)cc3)c(F)c2)C(=O)O1. The van der Waals surface area contributed by atoms with Crippen LogP contribution in [0.15, 0.2) is 42.5 Å². The van der Waals surface area contributed by atoms with E-state index in [0.717, 1.165) is 5.56 Å². The van der Waals surface area contributed by atoms with Gasteiger partial charge in [-0.1, -0.05) is 24.3 Å². The molecule has 1 unspecified atom stereocenters. The third-order valence-corrected chi connectivity index (χ3v) is 5.39. The third-order valence-electron chi connectivity index (χ3n) is 5.39. The first kappa shape index (κ1) is 26.9. The maximum absolute atomic E-state index is 15.0. The van der Waals surface area contributed by atoms with Crippen LogP contribution in [0.5, 0.6) is 0 Å². The highest BCUT2D eigenvalue weighted by atomic mass is 19.1. The number of hydrogen-bond donors (Lipinski definition) is 0. The summed E-state index contributed by atoms with van der Waals surface area (Å²) in [7, 11) is 1.19. The van der Waals surface area contributed by atoms with Gasteiger partial charge in [-0.25, -0.2) is 18.8 Å². The molecule has 1 aliphatic heterocycles. The highest BCUT2D eigenvalue weighted by Gasteiger charge is 2.38. The third kappa shape index (κ3) is 6.71. The second kappa shape index (κ2) is 11.4. The first-order valence-corrected chi connectivity index (χ1v) is 11.5. The normalized spacial score (nSPS) is 15.4. The fourth-order valence-corrected chi connectivity index (χ4v) is 3.66. The van der Waals surface area contributed by atoms with E-state index < -0.39 is 42.4 Å². The molecule has 0 aromatic heterocycles. The van der Waals surface area contributed by atoms with Gasteiger partial charge in [0.2, 0.25) is 6.10 Å². The Morgan fingerprint density at radius 3 is 2.44 bits per heavy atom. The van der Waals surface area contributed by atoms with Gasteiger partial charge < -0.3 is 19.1 Å². The summed E-state index contributed by atoms with van der Waals surface area (Å²) in [5.74, 6) is -1.24. The predicted molar refractivity (Wildman–Crippen MR) is 129 cm³/mol. The molecule has 1 fully saturated rings. The lowest BCUT2D eigenvalue weighted by Gasteiger charge is -2.27. The fourth-order valence-electron chi connectivity index (χ4n) is 3.66. The summed E-state index contributed by atoms with van der Waals surface area (Å²) in [6, 6.07) is 11.2. The zero-order valence-electron chi connectivity index (χ0n) is 20.8. The Kier molecular flexibility index (Phi) is 8.49. The lowest BCUT2D eigenvalue weighted by atomic mass is 10.0. The van der Waals surface area contributed by atoms with Crippen LogP contribution in [0.1, 0.15) is 32.8 Å². The number of methoxy groups -OCH3 is 1. The van der Waals surface area contributed by atoms with Crippen molar-refractivity contribution in [3.63, 3.8) is 0 Å². The van der Waals surface area contributed by atoms with Crippen molar-refractivity contribution >= 4 is 23.8 Å². The van der Waals surface area contributed by atoms with Gasteiger partial charge in [0.15, 0.2) is 0 Å². The van der Waals surface area contributed by atoms with Gasteiger partial charge in [0, 0.05) is 18.7 Å². The Labute approximate surface area is 208 Å². The molecule has 0 radical (unpaired) electrons. The number of carbonyl (C=O) groups is 3. The summed E-state index contributed by atoms with van der Waals surface area (Å²) in [4.78, 5) is 38.9. The molecule has 0 saturated carbocycles. The van der Waals surface area contributed by atoms with Crippen LogP contribution in [0.4, 0.5) is 24.1 Å². The van der Waals surface area contributed by atoms with E-state index in [1.807, 2.05) is 0 Å². The molecule has 0 aliphatic carbocycles. The van der Waals surface area contributed by atoms with Crippen molar-refractivity contribution in [1.82, 2.24) is 4.90 Å². The number of amides is 2. The van der Waals surface area contributed by atoms with E-state index in [-0.39, 0.29) is 31.7 Å². The summed E-state index contributed by atoms with van der Waals surface area (Å²) in [5, 5.41) is 0. The standard InChI is InChI=1S/C26H30F2N2O6/c1-26(2,3)36-24(32)29(13-5-12-27)15-17-6-8-18(9-7-17)20-11-10-19(14-21(20)28)30-16-22(23(31)34-4)35-25(30)33/h6-11,14,22H,5,12-13,15-16H2,1-4H3. The predicted octanol–water partition coefficient (Wildman–Crippen LogP) is 5.09. The number of anilines is 1. The van der Waals surface area contributed by atoms with Gasteiger partial charge in [0.05, 0.1) is 26.0 Å². The molecule has 1 heterocycles. The molecule has 2 amide bonds. The monoisotopic (exact) mass is 504 g/mol. The minimum absolute atomic E-state index is 0.0739. The molecule has 1 saturated heterocycles. The second-order valence-corrected chi connectivity index (χ2v) is 9.31. The largest absolute Gasteiger partial charge is 0.466 e. The quantitative estimate of drug-likeness (QED) is 0.368. The van der Waals surface area contributed by atoms with Gasteiger partial charge >= 0.3 is 18.2 Å². The number of alkyl halides is 1. The molecule has 0 bridgehead atoms. The van der Waals surface area contributed by atoms with Crippen molar-refractivity contribution in [3.05, 3.63) is 53.8 Å². The summed E-state index contributed by atoms with van der Waals surface area (Å²) >= 11 is 0. The number of benzene rings is 2. The number of halogens is 2. The highest BCUT2D eigenvalue weighted by molar-refractivity contribution is 5.94. The van der Waals surface area contributed by atoms with Gasteiger partial charge in [-0.15, -0.1) is 0 Å². The molecule has 8 nitrogen and oxygen atoms in total. The molecule has 10 heteroatoms. The lowest BCUT2D eigenvalue weighted by molar-refractivity contribution is -0.148. The van der Waals surface area contributed by atoms with Crippen LogP contribution in [0.25, 0.3) is 11.1 Å². The molecule has 36 heavy (non-hydrogen) atoms. The Balaban J connectivity index is 1.73. The molecule has 0 spiro atoms. The number of rotatable bonds is 8. The van der Waals surface area contributed by atoms with E-state index in [2.05, 4.69) is 4.74 Å². The summed E-state index contributed by atoms with van der Waals surface area (Å²) in [5.41, 5.74) is 1.25. The minimum atomic E-state index is -1.07. The zero-order valence-corrected chi connectivity index (χ0v) is 20.8. The Bertz CT molecular complexity index is 1100. The number of nitrogens with zero attached hydrogens (tertiary/aromatic N) is 2. The topological polar surface area (TPSA) is 85.4 Å². The van der Waals surface area contributed by atoms with Gasteiger partial charge in [0.1, 0.15) is 11.4 Å². The molecular weight excluding hydrogens is 474 g/mol. The number of esters is 1. The molecule has 2 aromatic carbocycles. The van der Waals surface area contributed by atoms with Crippen LogP contribution in [-0.2, 0) is 25.5 Å². The van der Waals surface area contributed by atoms with Crippen molar-refractivity contribution < 1.29 is 37.4 Å². The smallest absolute Gasteiger partial charge is 0.415 e. The molecule has 0 N–H and O–H groups in total. The van der Waals surface area contributed by atoms with Crippen molar-refractivity contribution in [2.24, 2.45) is 0 Å². The molecule has 1 atom stereocenters. The van der Waals surface area contributed by atoms with E-state index in [1.54, 1.807) is 51.1 Å². The number of carbonyl (C=O) groups excluding carboxylic acids is 3. The van der Waals surface area contributed by atoms with Gasteiger partial charge in [-0.05, 0) is 56.5 Å². The van der Waals surface area contributed by atoms with E-state index in [9.17, 15) is 23.2 Å². The minimum Gasteiger partial charge on any atom is -0.466 e. The van der Waals surface area contributed by atoms with E-state index in [1.165, 1.54) is 29.0 Å². The van der Waals surface area contributed by atoms with Crippen molar-refractivity contribution in [2.45, 2.75) is 45.4 Å². The van der Waals surface area contributed by atoms with Gasteiger partial charge in [-0.2, -0.15) is 0 Å². The molecular formula is C26H30F2N2O6. The molecule has 194 valence electrons. The highest BCUT2D eigenvalue weighted by Crippen LogP contribution is 2.29. The summed E-state index contributed by atoms with van der Waals surface area (Å²) < 4.78 is 42.7. The van der Waals surface area contributed by atoms with Gasteiger partial charge in [-0.3, -0.25) is 9.29 Å². The van der Waals surface area contributed by atoms with E-state index >= 15 is 0 Å². The van der Waals surface area contributed by atoms with E-state index in [0.29, 0.717) is 11.1 Å². The fraction of sp³-hybridized carbons (Fsp3) is 0.423. The number of hydrogen-bond acceptors (Lipinski definition) is 6. The lowest BCUT2D eigenvalue weighted by Crippen LogP contribution is -2.37. The number of ether oxygens (including phenoxy) is 3. The Morgan fingerprint density at radius 1 is 1.17 bits per heavy atom. The van der Waals surface area contributed by atoms with E-state index in [4.69, 9.17) is 9.47 Å². The van der Waals surface area contributed by atoms with Crippen molar-refractivity contribution in [2.75, 3.05) is 31.8 Å².